The Balaban J connectivity index is 0.00000120. The maximum atomic E-state index is 4.45. The van der Waals surface area contributed by atoms with Gasteiger partial charge in [0.15, 0.2) is 0 Å². The zero-order chi connectivity index (χ0) is 11.7. The summed E-state index contributed by atoms with van der Waals surface area (Å²) in [5.74, 6) is 0.860. The lowest BCUT2D eigenvalue weighted by Crippen LogP contribution is -2.44. The molecule has 3 rings (SSSR count). The van der Waals surface area contributed by atoms with Gasteiger partial charge in [0.1, 0.15) is 0 Å². The van der Waals surface area contributed by atoms with Gasteiger partial charge in [0.05, 0.1) is 5.69 Å². The minimum atomic E-state index is 0. The minimum Gasteiger partial charge on any atom is -0.314 e. The van der Waals surface area contributed by atoms with E-state index in [1.165, 1.54) is 38.2 Å². The SMILES string of the molecule is Brc1ccc(CN2CCC3NCCC3C2)nc1.Cl. The van der Waals surface area contributed by atoms with Crippen molar-refractivity contribution < 1.29 is 0 Å². The van der Waals surface area contributed by atoms with Gasteiger partial charge in [0.25, 0.3) is 0 Å². The summed E-state index contributed by atoms with van der Waals surface area (Å²) in [6.07, 6.45) is 4.52. The monoisotopic (exact) mass is 331 g/mol. The Kier molecular flexibility index (Phi) is 5.01. The summed E-state index contributed by atoms with van der Waals surface area (Å²) < 4.78 is 1.06. The van der Waals surface area contributed by atoms with E-state index in [-0.39, 0.29) is 12.4 Å². The van der Waals surface area contributed by atoms with Crippen molar-refractivity contribution in [3.8, 4) is 0 Å². The lowest BCUT2D eigenvalue weighted by molar-refractivity contribution is 0.154. The second-order valence-corrected chi connectivity index (χ2v) is 6.02. The van der Waals surface area contributed by atoms with Crippen LogP contribution in [-0.4, -0.2) is 35.6 Å². The average molecular weight is 333 g/mol. The molecule has 2 atom stereocenters. The maximum Gasteiger partial charge on any atom is 0.0544 e. The standard InChI is InChI=1S/C13H18BrN3.ClH/c14-11-1-2-12(16-7-11)9-17-6-4-13-10(8-17)3-5-15-13;/h1-2,7,10,13,15H,3-6,8-9H2;1H. The average Bonchev–Trinajstić information content (AvgIpc) is 2.79. The first-order valence-corrected chi connectivity index (χ1v) is 7.17. The molecule has 2 aliphatic rings. The van der Waals surface area contributed by atoms with Crippen LogP contribution in [0.2, 0.25) is 0 Å². The second-order valence-electron chi connectivity index (χ2n) is 5.10. The Morgan fingerprint density at radius 1 is 1.39 bits per heavy atom. The number of hydrogen-bond acceptors (Lipinski definition) is 3. The topological polar surface area (TPSA) is 28.2 Å². The smallest absolute Gasteiger partial charge is 0.0544 e. The number of nitrogens with one attached hydrogen (secondary N) is 1. The van der Waals surface area contributed by atoms with E-state index < -0.39 is 0 Å². The van der Waals surface area contributed by atoms with Crippen molar-refractivity contribution in [1.29, 1.82) is 0 Å². The van der Waals surface area contributed by atoms with Crippen LogP contribution in [0.25, 0.3) is 0 Å². The maximum absolute atomic E-state index is 4.45. The van der Waals surface area contributed by atoms with Crippen LogP contribution >= 0.6 is 28.3 Å². The van der Waals surface area contributed by atoms with Crippen LogP contribution < -0.4 is 5.32 Å². The van der Waals surface area contributed by atoms with Crippen molar-refractivity contribution >= 4 is 28.3 Å². The van der Waals surface area contributed by atoms with Crippen LogP contribution in [0.3, 0.4) is 0 Å². The Morgan fingerprint density at radius 3 is 3.06 bits per heavy atom. The minimum absolute atomic E-state index is 0. The van der Waals surface area contributed by atoms with Crippen molar-refractivity contribution in [2.24, 2.45) is 5.92 Å². The molecule has 2 unspecified atom stereocenters. The van der Waals surface area contributed by atoms with Gasteiger partial charge >= 0.3 is 0 Å². The molecule has 3 nitrogen and oxygen atoms in total. The van der Waals surface area contributed by atoms with Crippen molar-refractivity contribution in [1.82, 2.24) is 15.2 Å². The van der Waals surface area contributed by atoms with Gasteiger partial charge in [-0.05, 0) is 53.4 Å². The third kappa shape index (κ3) is 3.23. The molecule has 1 aromatic rings. The number of piperidine rings is 1. The zero-order valence-electron chi connectivity index (χ0n) is 10.3. The number of halogens is 2. The number of pyridine rings is 1. The Hall–Kier alpha value is -0.160. The van der Waals surface area contributed by atoms with Gasteiger partial charge in [-0.25, -0.2) is 0 Å². The van der Waals surface area contributed by atoms with Gasteiger partial charge in [-0.3, -0.25) is 9.88 Å². The molecule has 0 radical (unpaired) electrons. The van der Waals surface area contributed by atoms with Gasteiger partial charge < -0.3 is 5.32 Å². The number of rotatable bonds is 2. The van der Waals surface area contributed by atoms with Crippen molar-refractivity contribution in [3.63, 3.8) is 0 Å². The highest BCUT2D eigenvalue weighted by Gasteiger charge is 2.32. The van der Waals surface area contributed by atoms with Gasteiger partial charge in [-0.2, -0.15) is 0 Å². The Labute approximate surface area is 123 Å². The highest BCUT2D eigenvalue weighted by Crippen LogP contribution is 2.25. The molecule has 2 aliphatic heterocycles. The van der Waals surface area contributed by atoms with E-state index in [0.29, 0.717) is 0 Å². The summed E-state index contributed by atoms with van der Waals surface area (Å²) in [5.41, 5.74) is 1.18. The second kappa shape index (κ2) is 6.33. The van der Waals surface area contributed by atoms with Crippen LogP contribution in [0, 0.1) is 5.92 Å². The van der Waals surface area contributed by atoms with E-state index in [0.717, 1.165) is 23.0 Å². The summed E-state index contributed by atoms with van der Waals surface area (Å²) in [4.78, 5) is 7.00. The molecular weight excluding hydrogens is 314 g/mol. The van der Waals surface area contributed by atoms with E-state index in [9.17, 15) is 0 Å². The number of likely N-dealkylation sites (tertiary alicyclic amines) is 1. The van der Waals surface area contributed by atoms with Crippen LogP contribution in [-0.2, 0) is 6.54 Å². The highest BCUT2D eigenvalue weighted by molar-refractivity contribution is 9.10. The molecule has 1 aromatic heterocycles. The lowest BCUT2D eigenvalue weighted by atomic mass is 9.93. The third-order valence-corrected chi connectivity index (χ3v) is 4.38. The summed E-state index contributed by atoms with van der Waals surface area (Å²) in [5, 5.41) is 3.60. The van der Waals surface area contributed by atoms with Gasteiger partial charge in [0, 0.05) is 36.3 Å². The van der Waals surface area contributed by atoms with Crippen molar-refractivity contribution in [3.05, 3.63) is 28.5 Å². The molecule has 2 saturated heterocycles. The lowest BCUT2D eigenvalue weighted by Gasteiger charge is -2.34. The Morgan fingerprint density at radius 2 is 2.28 bits per heavy atom. The summed E-state index contributed by atoms with van der Waals surface area (Å²) >= 11 is 3.42. The first-order chi connectivity index (χ1) is 8.31. The normalized spacial score (nSPS) is 27.6. The Bertz CT molecular complexity index is 384. The summed E-state index contributed by atoms with van der Waals surface area (Å²) in [7, 11) is 0. The summed E-state index contributed by atoms with van der Waals surface area (Å²) in [6, 6.07) is 4.97. The predicted molar refractivity (Wildman–Crippen MR) is 79.0 cm³/mol. The molecule has 0 bridgehead atoms. The van der Waals surface area contributed by atoms with Gasteiger partial charge in [0.2, 0.25) is 0 Å². The summed E-state index contributed by atoms with van der Waals surface area (Å²) in [6.45, 7) is 4.64. The van der Waals surface area contributed by atoms with Crippen molar-refractivity contribution in [2.75, 3.05) is 19.6 Å². The van der Waals surface area contributed by atoms with Crippen molar-refractivity contribution in [2.45, 2.75) is 25.4 Å². The van der Waals surface area contributed by atoms with Gasteiger partial charge in [-0.1, -0.05) is 0 Å². The molecule has 100 valence electrons. The molecule has 0 aliphatic carbocycles. The molecule has 3 heterocycles. The highest BCUT2D eigenvalue weighted by atomic mass is 79.9. The third-order valence-electron chi connectivity index (χ3n) is 3.91. The molecular formula is C13H19BrClN3. The fraction of sp³-hybridized carbons (Fsp3) is 0.615. The van der Waals surface area contributed by atoms with Crippen LogP contribution in [0.1, 0.15) is 18.5 Å². The molecule has 0 saturated carbocycles. The predicted octanol–water partition coefficient (Wildman–Crippen LogP) is 2.45. The number of fused-ring (bicyclic) bond motifs is 1. The first-order valence-electron chi connectivity index (χ1n) is 6.37. The fourth-order valence-electron chi connectivity index (χ4n) is 3.00. The van der Waals surface area contributed by atoms with Crippen LogP contribution in [0.15, 0.2) is 22.8 Å². The first kappa shape index (κ1) is 14.3. The van der Waals surface area contributed by atoms with E-state index in [4.69, 9.17) is 0 Å². The molecule has 0 amide bonds. The van der Waals surface area contributed by atoms with E-state index >= 15 is 0 Å². The van der Waals surface area contributed by atoms with E-state index in [1.807, 2.05) is 6.20 Å². The number of hydrogen-bond donors (Lipinski definition) is 1. The van der Waals surface area contributed by atoms with Crippen LogP contribution in [0.4, 0.5) is 0 Å². The molecule has 1 N–H and O–H groups in total. The molecule has 0 spiro atoms. The van der Waals surface area contributed by atoms with Gasteiger partial charge in [-0.15, -0.1) is 12.4 Å². The molecule has 18 heavy (non-hydrogen) atoms. The quantitative estimate of drug-likeness (QED) is 0.902. The zero-order valence-corrected chi connectivity index (χ0v) is 12.7. The largest absolute Gasteiger partial charge is 0.314 e. The molecule has 5 heteroatoms. The molecule has 2 fully saturated rings. The number of nitrogens with zero attached hydrogens (tertiary/aromatic N) is 2. The molecule has 0 aromatic carbocycles. The fourth-order valence-corrected chi connectivity index (χ4v) is 3.23. The van der Waals surface area contributed by atoms with Crippen LogP contribution in [0.5, 0.6) is 0 Å². The van der Waals surface area contributed by atoms with E-state index in [1.54, 1.807) is 0 Å². The van der Waals surface area contributed by atoms with E-state index in [2.05, 4.69) is 43.3 Å². The number of aromatic nitrogens is 1.